The van der Waals surface area contributed by atoms with E-state index < -0.39 is 0 Å². The van der Waals surface area contributed by atoms with Crippen molar-refractivity contribution in [2.24, 2.45) is 5.73 Å². The minimum atomic E-state index is -0.380. The van der Waals surface area contributed by atoms with Gasteiger partial charge >= 0.3 is 0 Å². The molecule has 0 spiro atoms. The molecule has 1 atom stereocenters. The van der Waals surface area contributed by atoms with E-state index in [9.17, 15) is 4.39 Å². The minimum Gasteiger partial charge on any atom is -0.485 e. The number of hydrogen-bond donors (Lipinski definition) is 1. The Morgan fingerprint density at radius 3 is 2.84 bits per heavy atom. The molecule has 0 saturated heterocycles. The van der Waals surface area contributed by atoms with E-state index in [-0.39, 0.29) is 18.5 Å². The van der Waals surface area contributed by atoms with Gasteiger partial charge in [-0.1, -0.05) is 18.1 Å². The quantitative estimate of drug-likeness (QED) is 0.898. The lowest BCUT2D eigenvalue weighted by atomic mass is 10.1. The first-order chi connectivity index (χ1) is 9.10. The smallest absolute Gasteiger partial charge is 0.226 e. The molecule has 6 heteroatoms. The molecule has 0 radical (unpaired) electrons. The lowest BCUT2D eigenvalue weighted by Crippen LogP contribution is -2.07. The van der Waals surface area contributed by atoms with Crippen LogP contribution >= 0.6 is 0 Å². The van der Waals surface area contributed by atoms with Crippen LogP contribution in [0.5, 0.6) is 5.75 Å². The average Bonchev–Trinajstić information content (AvgIpc) is 2.84. The van der Waals surface area contributed by atoms with Crippen LogP contribution in [0, 0.1) is 5.82 Å². The summed E-state index contributed by atoms with van der Waals surface area (Å²) < 4.78 is 24.0. The van der Waals surface area contributed by atoms with E-state index in [0.717, 1.165) is 0 Å². The highest BCUT2D eigenvalue weighted by atomic mass is 19.1. The number of nitrogens with zero attached hydrogens (tertiary/aromatic N) is 2. The van der Waals surface area contributed by atoms with Gasteiger partial charge in [-0.05, 0) is 13.0 Å². The van der Waals surface area contributed by atoms with Crippen molar-refractivity contribution in [1.82, 2.24) is 10.1 Å². The van der Waals surface area contributed by atoms with Crippen molar-refractivity contribution in [2.75, 3.05) is 0 Å². The SMILES string of the molecule is CCc1nc(COc2ccc([C@H](C)N)c(F)c2)no1. The zero-order chi connectivity index (χ0) is 13.8. The molecule has 0 unspecified atom stereocenters. The Morgan fingerprint density at radius 2 is 2.26 bits per heavy atom. The Balaban J connectivity index is 2.01. The van der Waals surface area contributed by atoms with Crippen molar-refractivity contribution in [3.05, 3.63) is 41.3 Å². The third-order valence-corrected chi connectivity index (χ3v) is 2.64. The fourth-order valence-corrected chi connectivity index (χ4v) is 1.61. The molecule has 0 amide bonds. The number of rotatable bonds is 5. The molecule has 0 aliphatic carbocycles. The summed E-state index contributed by atoms with van der Waals surface area (Å²) in [6.45, 7) is 3.78. The zero-order valence-electron chi connectivity index (χ0n) is 10.9. The number of benzene rings is 1. The Morgan fingerprint density at radius 1 is 1.47 bits per heavy atom. The van der Waals surface area contributed by atoms with Gasteiger partial charge in [-0.15, -0.1) is 0 Å². The standard InChI is InChI=1S/C13H16FN3O2/c1-3-13-16-12(17-19-13)7-18-9-4-5-10(8(2)15)11(14)6-9/h4-6,8H,3,7,15H2,1-2H3/t8-/m0/s1. The summed E-state index contributed by atoms with van der Waals surface area (Å²) in [5, 5.41) is 3.75. The van der Waals surface area contributed by atoms with Gasteiger partial charge in [0.05, 0.1) is 0 Å². The first kappa shape index (κ1) is 13.5. The van der Waals surface area contributed by atoms with E-state index in [4.69, 9.17) is 15.0 Å². The summed E-state index contributed by atoms with van der Waals surface area (Å²) in [4.78, 5) is 4.10. The van der Waals surface area contributed by atoms with E-state index in [1.165, 1.54) is 6.07 Å². The molecular formula is C13H16FN3O2. The molecule has 2 rings (SSSR count). The van der Waals surface area contributed by atoms with Crippen LogP contribution in [0.4, 0.5) is 4.39 Å². The van der Waals surface area contributed by atoms with Crippen molar-refractivity contribution < 1.29 is 13.7 Å². The minimum absolute atomic E-state index is 0.139. The van der Waals surface area contributed by atoms with Gasteiger partial charge in [0, 0.05) is 24.1 Å². The lowest BCUT2D eigenvalue weighted by Gasteiger charge is -2.09. The molecule has 1 aromatic carbocycles. The summed E-state index contributed by atoms with van der Waals surface area (Å²) in [6, 6.07) is 4.24. The van der Waals surface area contributed by atoms with Crippen molar-refractivity contribution >= 4 is 0 Å². The highest BCUT2D eigenvalue weighted by Gasteiger charge is 2.09. The lowest BCUT2D eigenvalue weighted by molar-refractivity contribution is 0.284. The number of halogens is 1. The Hall–Kier alpha value is -1.95. The van der Waals surface area contributed by atoms with Crippen LogP contribution < -0.4 is 10.5 Å². The largest absolute Gasteiger partial charge is 0.485 e. The molecule has 102 valence electrons. The Bertz CT molecular complexity index is 555. The maximum absolute atomic E-state index is 13.7. The van der Waals surface area contributed by atoms with Gasteiger partial charge < -0.3 is 15.0 Å². The molecule has 2 N–H and O–H groups in total. The van der Waals surface area contributed by atoms with Crippen LogP contribution in [0.3, 0.4) is 0 Å². The van der Waals surface area contributed by atoms with Crippen LogP contribution in [-0.4, -0.2) is 10.1 Å². The van der Waals surface area contributed by atoms with Gasteiger partial charge in [0.15, 0.2) is 6.61 Å². The number of ether oxygens (including phenoxy) is 1. The van der Waals surface area contributed by atoms with Gasteiger partial charge in [-0.25, -0.2) is 4.39 Å². The van der Waals surface area contributed by atoms with E-state index in [1.54, 1.807) is 19.1 Å². The van der Waals surface area contributed by atoms with E-state index in [0.29, 0.717) is 29.4 Å². The normalized spacial score (nSPS) is 12.4. The zero-order valence-corrected chi connectivity index (χ0v) is 10.9. The molecule has 1 heterocycles. The molecule has 0 fully saturated rings. The monoisotopic (exact) mass is 265 g/mol. The molecule has 0 bridgehead atoms. The highest BCUT2D eigenvalue weighted by Crippen LogP contribution is 2.21. The van der Waals surface area contributed by atoms with Crippen molar-refractivity contribution in [1.29, 1.82) is 0 Å². The van der Waals surface area contributed by atoms with Crippen LogP contribution in [0.25, 0.3) is 0 Å². The molecule has 1 aromatic heterocycles. The van der Waals surface area contributed by atoms with Gasteiger partial charge in [0.25, 0.3) is 0 Å². The summed E-state index contributed by atoms with van der Waals surface area (Å²) >= 11 is 0. The predicted octanol–water partition coefficient (Wildman–Crippen LogP) is 2.37. The van der Waals surface area contributed by atoms with E-state index in [1.807, 2.05) is 6.92 Å². The number of aromatic nitrogens is 2. The Labute approximate surface area is 110 Å². The topological polar surface area (TPSA) is 74.2 Å². The van der Waals surface area contributed by atoms with Crippen molar-refractivity contribution in [3.8, 4) is 5.75 Å². The first-order valence-corrected chi connectivity index (χ1v) is 6.09. The molecule has 0 aliphatic rings. The fraction of sp³-hybridized carbons (Fsp3) is 0.385. The third kappa shape index (κ3) is 3.29. The fourth-order valence-electron chi connectivity index (χ4n) is 1.61. The van der Waals surface area contributed by atoms with E-state index >= 15 is 0 Å². The number of hydrogen-bond acceptors (Lipinski definition) is 5. The molecule has 0 saturated carbocycles. The van der Waals surface area contributed by atoms with Gasteiger partial charge in [-0.2, -0.15) is 4.98 Å². The summed E-state index contributed by atoms with van der Waals surface area (Å²) in [7, 11) is 0. The van der Waals surface area contributed by atoms with Crippen LogP contribution in [0.1, 0.15) is 37.2 Å². The maximum atomic E-state index is 13.7. The second kappa shape index (κ2) is 5.79. The Kier molecular flexibility index (Phi) is 4.11. The molecule has 19 heavy (non-hydrogen) atoms. The second-order valence-corrected chi connectivity index (χ2v) is 4.22. The number of aryl methyl sites for hydroxylation is 1. The van der Waals surface area contributed by atoms with E-state index in [2.05, 4.69) is 10.1 Å². The summed E-state index contributed by atoms with van der Waals surface area (Å²) in [6.07, 6.45) is 0.671. The average molecular weight is 265 g/mol. The van der Waals surface area contributed by atoms with Gasteiger partial charge in [0.2, 0.25) is 11.7 Å². The van der Waals surface area contributed by atoms with Crippen LogP contribution in [0.15, 0.2) is 22.7 Å². The molecular weight excluding hydrogens is 249 g/mol. The van der Waals surface area contributed by atoms with Crippen molar-refractivity contribution in [3.63, 3.8) is 0 Å². The molecule has 2 aromatic rings. The summed E-state index contributed by atoms with van der Waals surface area (Å²) in [5.41, 5.74) is 6.09. The van der Waals surface area contributed by atoms with Crippen LogP contribution in [-0.2, 0) is 13.0 Å². The molecule has 0 aliphatic heterocycles. The highest BCUT2D eigenvalue weighted by molar-refractivity contribution is 5.30. The predicted molar refractivity (Wildman–Crippen MR) is 67.0 cm³/mol. The van der Waals surface area contributed by atoms with Crippen molar-refractivity contribution in [2.45, 2.75) is 32.9 Å². The second-order valence-electron chi connectivity index (χ2n) is 4.22. The van der Waals surface area contributed by atoms with Gasteiger partial charge in [0.1, 0.15) is 11.6 Å². The third-order valence-electron chi connectivity index (χ3n) is 2.64. The maximum Gasteiger partial charge on any atom is 0.226 e. The van der Waals surface area contributed by atoms with Crippen LogP contribution in [0.2, 0.25) is 0 Å². The first-order valence-electron chi connectivity index (χ1n) is 6.09. The molecule has 5 nitrogen and oxygen atoms in total. The van der Waals surface area contributed by atoms with Gasteiger partial charge in [-0.3, -0.25) is 0 Å². The number of nitrogens with two attached hydrogens (primary N) is 1. The summed E-state index contributed by atoms with van der Waals surface area (Å²) in [5.74, 6) is 1.02.